The van der Waals surface area contributed by atoms with Crippen LogP contribution in [0.15, 0.2) is 10.9 Å². The number of carbonyl (C=O) groups excluding carboxylic acids is 1. The topological polar surface area (TPSA) is 33.2 Å². The highest BCUT2D eigenvalue weighted by atomic mass is 79.9. The number of likely N-dealkylation sites (tertiary alicyclic amines) is 1. The minimum absolute atomic E-state index is 0.0873. The second-order valence-electron chi connectivity index (χ2n) is 3.76. The van der Waals surface area contributed by atoms with Crippen molar-refractivity contribution < 1.29 is 4.79 Å². The lowest BCUT2D eigenvalue weighted by molar-refractivity contribution is 0.0694. The van der Waals surface area contributed by atoms with Gasteiger partial charge in [-0.15, -0.1) is 11.3 Å². The molecule has 0 aliphatic carbocycles. The number of amides is 1. The number of aromatic nitrogens is 1. The monoisotopic (exact) mass is 288 g/mol. The summed E-state index contributed by atoms with van der Waals surface area (Å²) >= 11 is 4.96. The Hall–Kier alpha value is -0.420. The zero-order valence-electron chi connectivity index (χ0n) is 8.36. The average molecular weight is 289 g/mol. The molecule has 1 fully saturated rings. The van der Waals surface area contributed by atoms with Crippen molar-refractivity contribution in [1.29, 1.82) is 0 Å². The first kappa shape index (κ1) is 11.1. The van der Waals surface area contributed by atoms with Crippen molar-refractivity contribution >= 4 is 33.2 Å². The van der Waals surface area contributed by atoms with Gasteiger partial charge in [-0.05, 0) is 18.8 Å². The Morgan fingerprint density at radius 2 is 2.33 bits per heavy atom. The maximum absolute atomic E-state index is 11.9. The van der Waals surface area contributed by atoms with Gasteiger partial charge in [0.1, 0.15) is 5.69 Å². The molecule has 0 atom stereocenters. The average Bonchev–Trinajstić information content (AvgIpc) is 2.82. The number of alkyl halides is 1. The quantitative estimate of drug-likeness (QED) is 0.783. The summed E-state index contributed by atoms with van der Waals surface area (Å²) in [5.41, 5.74) is 2.30. The number of carbonyl (C=O) groups is 1. The lowest BCUT2D eigenvalue weighted by Crippen LogP contribution is -2.38. The van der Waals surface area contributed by atoms with Gasteiger partial charge in [-0.1, -0.05) is 15.9 Å². The van der Waals surface area contributed by atoms with E-state index in [1.807, 2.05) is 10.3 Å². The fraction of sp³-hybridized carbons (Fsp3) is 0.600. The molecule has 2 rings (SSSR count). The van der Waals surface area contributed by atoms with Crippen LogP contribution in [0.4, 0.5) is 0 Å². The fourth-order valence-corrected chi connectivity index (χ4v) is 2.94. The third kappa shape index (κ3) is 2.58. The van der Waals surface area contributed by atoms with Crippen LogP contribution in [0.3, 0.4) is 0 Å². The van der Waals surface area contributed by atoms with E-state index in [1.54, 1.807) is 5.51 Å². The molecule has 3 nitrogen and oxygen atoms in total. The molecule has 2 heterocycles. The molecule has 0 unspecified atom stereocenters. The number of nitrogens with zero attached hydrogens (tertiary/aromatic N) is 2. The molecule has 82 valence electrons. The van der Waals surface area contributed by atoms with Crippen molar-refractivity contribution in [2.75, 3.05) is 18.4 Å². The molecule has 1 aromatic rings. The highest BCUT2D eigenvalue weighted by molar-refractivity contribution is 9.09. The smallest absolute Gasteiger partial charge is 0.273 e. The van der Waals surface area contributed by atoms with Crippen LogP contribution >= 0.6 is 27.3 Å². The molecule has 0 saturated carbocycles. The van der Waals surface area contributed by atoms with E-state index in [9.17, 15) is 4.79 Å². The molecule has 1 aliphatic rings. The third-order valence-electron chi connectivity index (χ3n) is 2.77. The van der Waals surface area contributed by atoms with Crippen molar-refractivity contribution in [1.82, 2.24) is 9.88 Å². The number of thiazole rings is 1. The third-order valence-corrected chi connectivity index (χ3v) is 4.27. The van der Waals surface area contributed by atoms with Gasteiger partial charge < -0.3 is 4.90 Å². The van der Waals surface area contributed by atoms with Crippen LogP contribution in [0.5, 0.6) is 0 Å². The van der Waals surface area contributed by atoms with Crippen LogP contribution in [0.1, 0.15) is 23.3 Å². The summed E-state index contributed by atoms with van der Waals surface area (Å²) in [6.07, 6.45) is 2.20. The van der Waals surface area contributed by atoms with E-state index in [4.69, 9.17) is 0 Å². The predicted molar refractivity (Wildman–Crippen MR) is 64.5 cm³/mol. The zero-order valence-corrected chi connectivity index (χ0v) is 10.8. The van der Waals surface area contributed by atoms with Crippen LogP contribution in [0, 0.1) is 5.92 Å². The van der Waals surface area contributed by atoms with Gasteiger partial charge >= 0.3 is 0 Å². The molecule has 0 bridgehead atoms. The number of hydrogen-bond acceptors (Lipinski definition) is 3. The lowest BCUT2D eigenvalue weighted by atomic mass is 9.99. The van der Waals surface area contributed by atoms with Gasteiger partial charge in [-0.2, -0.15) is 0 Å². The summed E-state index contributed by atoms with van der Waals surface area (Å²) in [7, 11) is 0. The van der Waals surface area contributed by atoms with Crippen LogP contribution in [-0.4, -0.2) is 34.2 Å². The van der Waals surface area contributed by atoms with Crippen molar-refractivity contribution in [3.63, 3.8) is 0 Å². The molecule has 1 amide bonds. The normalized spacial score (nSPS) is 18.1. The SMILES string of the molecule is O=C(c1cscn1)N1CCC(CBr)CC1. The van der Waals surface area contributed by atoms with Crippen LogP contribution < -0.4 is 0 Å². The summed E-state index contributed by atoms with van der Waals surface area (Å²) in [5, 5.41) is 2.87. The predicted octanol–water partition coefficient (Wildman–Crippen LogP) is 2.39. The zero-order chi connectivity index (χ0) is 10.7. The molecule has 15 heavy (non-hydrogen) atoms. The Kier molecular flexibility index (Phi) is 3.75. The van der Waals surface area contributed by atoms with Gasteiger partial charge in [-0.3, -0.25) is 4.79 Å². The molecule has 1 aliphatic heterocycles. The van der Waals surface area contributed by atoms with Gasteiger partial charge in [0, 0.05) is 23.8 Å². The van der Waals surface area contributed by atoms with Crippen LogP contribution in [-0.2, 0) is 0 Å². The fourth-order valence-electron chi connectivity index (χ4n) is 1.77. The summed E-state index contributed by atoms with van der Waals surface area (Å²) in [4.78, 5) is 17.9. The number of piperidine rings is 1. The summed E-state index contributed by atoms with van der Waals surface area (Å²) in [5.74, 6) is 0.814. The first-order valence-electron chi connectivity index (χ1n) is 5.04. The number of halogens is 1. The summed E-state index contributed by atoms with van der Waals surface area (Å²) in [6.45, 7) is 1.74. The molecule has 0 spiro atoms. The first-order valence-corrected chi connectivity index (χ1v) is 7.11. The van der Waals surface area contributed by atoms with E-state index < -0.39 is 0 Å². The van der Waals surface area contributed by atoms with Crippen molar-refractivity contribution in [2.45, 2.75) is 12.8 Å². The van der Waals surface area contributed by atoms with E-state index in [1.165, 1.54) is 11.3 Å². The van der Waals surface area contributed by atoms with Crippen molar-refractivity contribution in [3.05, 3.63) is 16.6 Å². The Balaban J connectivity index is 1.93. The highest BCUT2D eigenvalue weighted by Crippen LogP contribution is 2.20. The molecule has 1 aromatic heterocycles. The molecule has 0 N–H and O–H groups in total. The van der Waals surface area contributed by atoms with Crippen molar-refractivity contribution in [2.24, 2.45) is 5.92 Å². The maximum atomic E-state index is 11.9. The Bertz CT molecular complexity index is 320. The Morgan fingerprint density at radius 3 is 2.87 bits per heavy atom. The minimum Gasteiger partial charge on any atom is -0.337 e. The van der Waals surface area contributed by atoms with E-state index >= 15 is 0 Å². The number of hydrogen-bond donors (Lipinski definition) is 0. The van der Waals surface area contributed by atoms with Crippen molar-refractivity contribution in [3.8, 4) is 0 Å². The Morgan fingerprint density at radius 1 is 1.60 bits per heavy atom. The lowest BCUT2D eigenvalue weighted by Gasteiger charge is -2.30. The first-order chi connectivity index (χ1) is 7.31. The second-order valence-corrected chi connectivity index (χ2v) is 5.13. The van der Waals surface area contributed by atoms with Gasteiger partial charge in [0.2, 0.25) is 0 Å². The summed E-state index contributed by atoms with van der Waals surface area (Å²) in [6, 6.07) is 0. The second kappa shape index (κ2) is 5.07. The molecular weight excluding hydrogens is 276 g/mol. The highest BCUT2D eigenvalue weighted by Gasteiger charge is 2.23. The van der Waals surface area contributed by atoms with Crippen LogP contribution in [0.25, 0.3) is 0 Å². The molecular formula is C10H13BrN2OS. The largest absolute Gasteiger partial charge is 0.337 e. The Labute approximate surface area is 102 Å². The number of rotatable bonds is 2. The maximum Gasteiger partial charge on any atom is 0.273 e. The summed E-state index contributed by atoms with van der Waals surface area (Å²) < 4.78 is 0. The van der Waals surface area contributed by atoms with E-state index in [0.717, 1.165) is 37.2 Å². The van der Waals surface area contributed by atoms with E-state index in [2.05, 4.69) is 20.9 Å². The molecule has 5 heteroatoms. The minimum atomic E-state index is 0.0873. The van der Waals surface area contributed by atoms with Gasteiger partial charge in [0.25, 0.3) is 5.91 Å². The van der Waals surface area contributed by atoms with Gasteiger partial charge in [-0.25, -0.2) is 4.98 Å². The van der Waals surface area contributed by atoms with E-state index in [-0.39, 0.29) is 5.91 Å². The van der Waals surface area contributed by atoms with Crippen LogP contribution in [0.2, 0.25) is 0 Å². The van der Waals surface area contributed by atoms with Gasteiger partial charge in [0.05, 0.1) is 5.51 Å². The molecule has 0 radical (unpaired) electrons. The van der Waals surface area contributed by atoms with Gasteiger partial charge in [0.15, 0.2) is 0 Å². The molecule has 1 saturated heterocycles. The van der Waals surface area contributed by atoms with E-state index in [0.29, 0.717) is 5.69 Å². The standard InChI is InChI=1S/C10H13BrN2OS/c11-5-8-1-3-13(4-2-8)10(14)9-6-15-7-12-9/h6-8H,1-5H2. The molecule has 0 aromatic carbocycles.